The third-order valence-corrected chi connectivity index (χ3v) is 5.24. The van der Waals surface area contributed by atoms with Gasteiger partial charge in [0.1, 0.15) is 0 Å². The summed E-state index contributed by atoms with van der Waals surface area (Å²) in [5.74, 6) is -1.80. The fourth-order valence-corrected chi connectivity index (χ4v) is 3.68. The minimum absolute atomic E-state index is 0.000105. The molecule has 1 atom stereocenters. The van der Waals surface area contributed by atoms with E-state index in [1.54, 1.807) is 0 Å². The summed E-state index contributed by atoms with van der Waals surface area (Å²) in [5, 5.41) is 25.3. The summed E-state index contributed by atoms with van der Waals surface area (Å²) < 4.78 is 41.0. The van der Waals surface area contributed by atoms with Crippen molar-refractivity contribution in [3.63, 3.8) is 0 Å². The van der Waals surface area contributed by atoms with E-state index in [0.29, 0.717) is 11.3 Å². The Morgan fingerprint density at radius 2 is 2.09 bits per heavy atom. The van der Waals surface area contributed by atoms with E-state index >= 15 is 0 Å². The molecule has 0 spiro atoms. The second-order valence-electron chi connectivity index (χ2n) is 7.55. The maximum atomic E-state index is 13.3. The number of anilines is 2. The quantitative estimate of drug-likeness (QED) is 0.528. The number of dihydropyridines is 1. The van der Waals surface area contributed by atoms with Gasteiger partial charge in [0, 0.05) is 46.8 Å². The molecule has 1 aliphatic rings. The molecule has 0 bridgehead atoms. The van der Waals surface area contributed by atoms with Crippen LogP contribution in [0.3, 0.4) is 0 Å². The third kappa shape index (κ3) is 5.15. The Morgan fingerprint density at radius 3 is 2.74 bits per heavy atom. The molecule has 1 aliphatic heterocycles. The zero-order chi connectivity index (χ0) is 25.3. The van der Waals surface area contributed by atoms with Gasteiger partial charge in [0.25, 0.3) is 0 Å². The average Bonchev–Trinajstić information content (AvgIpc) is 3.20. The standard InChI is InChI=1S/C22H15ClF3N7O2/c1-11-2-18(22(24,25)26)32-33(11)19-17(13-5-14(20(34)35)9-28-8-13)10-29-21(31-19)30-16-4-12(7-27)3-15(23)6-16/h2-6,9-10,13H,8H2,1H3,(H,34,35)(H,29,30,31). The second-order valence-corrected chi connectivity index (χ2v) is 7.98. The Balaban J connectivity index is 1.83. The zero-order valence-corrected chi connectivity index (χ0v) is 18.6. The molecule has 1 aromatic carbocycles. The molecule has 9 nitrogen and oxygen atoms in total. The molecule has 13 heteroatoms. The average molecular weight is 502 g/mol. The number of nitriles is 1. The van der Waals surface area contributed by atoms with Gasteiger partial charge in [0.2, 0.25) is 5.95 Å². The normalized spacial score (nSPS) is 15.4. The summed E-state index contributed by atoms with van der Waals surface area (Å²) in [5.41, 5.74) is -0.0249. The molecule has 0 aliphatic carbocycles. The maximum absolute atomic E-state index is 13.3. The molecule has 2 aromatic heterocycles. The number of hydrogen-bond donors (Lipinski definition) is 2. The van der Waals surface area contributed by atoms with Gasteiger partial charge in [-0.3, -0.25) is 4.99 Å². The first-order chi connectivity index (χ1) is 16.5. The number of aliphatic imine (C=N–C) groups is 1. The molecular formula is C22H15ClF3N7O2. The third-order valence-electron chi connectivity index (χ3n) is 5.02. The van der Waals surface area contributed by atoms with Gasteiger partial charge < -0.3 is 10.4 Å². The Bertz CT molecular complexity index is 1420. The van der Waals surface area contributed by atoms with E-state index in [1.807, 2.05) is 6.07 Å². The largest absolute Gasteiger partial charge is 0.478 e. The molecule has 1 unspecified atom stereocenters. The zero-order valence-electron chi connectivity index (χ0n) is 17.9. The lowest BCUT2D eigenvalue weighted by Crippen LogP contribution is -2.17. The summed E-state index contributed by atoms with van der Waals surface area (Å²) in [4.78, 5) is 24.1. The Morgan fingerprint density at radius 1 is 1.31 bits per heavy atom. The molecule has 0 fully saturated rings. The van der Waals surface area contributed by atoms with Crippen LogP contribution in [-0.4, -0.2) is 43.6 Å². The van der Waals surface area contributed by atoms with Gasteiger partial charge in [-0.1, -0.05) is 17.7 Å². The van der Waals surface area contributed by atoms with Crippen LogP contribution in [0.5, 0.6) is 0 Å². The van der Waals surface area contributed by atoms with Gasteiger partial charge in [-0.2, -0.15) is 28.5 Å². The van der Waals surface area contributed by atoms with Crippen molar-refractivity contribution in [2.75, 3.05) is 11.9 Å². The molecule has 35 heavy (non-hydrogen) atoms. The first-order valence-electron chi connectivity index (χ1n) is 9.99. The maximum Gasteiger partial charge on any atom is 0.435 e. The van der Waals surface area contributed by atoms with Crippen LogP contribution in [-0.2, 0) is 11.0 Å². The van der Waals surface area contributed by atoms with Crippen molar-refractivity contribution < 1.29 is 23.1 Å². The van der Waals surface area contributed by atoms with E-state index in [9.17, 15) is 23.1 Å². The first kappa shape index (κ1) is 23.9. The number of nitrogens with one attached hydrogen (secondary N) is 1. The lowest BCUT2D eigenvalue weighted by molar-refractivity contribution is -0.141. The topological polar surface area (TPSA) is 129 Å². The summed E-state index contributed by atoms with van der Waals surface area (Å²) in [6.07, 6.45) is -0.660. The van der Waals surface area contributed by atoms with Crippen LogP contribution in [0.1, 0.15) is 28.4 Å². The first-order valence-corrected chi connectivity index (χ1v) is 10.4. The van der Waals surface area contributed by atoms with Gasteiger partial charge in [0.15, 0.2) is 11.5 Å². The minimum atomic E-state index is -4.68. The Labute approximate surface area is 201 Å². The highest BCUT2D eigenvalue weighted by molar-refractivity contribution is 6.31. The molecule has 0 saturated carbocycles. The summed E-state index contributed by atoms with van der Waals surface area (Å²) in [6.45, 7) is 1.58. The number of carbonyl (C=O) groups is 1. The van der Waals surface area contributed by atoms with Crippen LogP contribution in [0.25, 0.3) is 5.82 Å². The number of nitrogens with zero attached hydrogens (tertiary/aromatic N) is 6. The van der Waals surface area contributed by atoms with Crippen molar-refractivity contribution in [2.24, 2.45) is 4.99 Å². The number of aliphatic carboxylic acids is 1. The van der Waals surface area contributed by atoms with Crippen LogP contribution in [0.15, 0.2) is 47.1 Å². The highest BCUT2D eigenvalue weighted by atomic mass is 35.5. The monoisotopic (exact) mass is 501 g/mol. The van der Waals surface area contributed by atoms with Gasteiger partial charge in [0.05, 0.1) is 17.2 Å². The van der Waals surface area contributed by atoms with Crippen LogP contribution >= 0.6 is 11.6 Å². The van der Waals surface area contributed by atoms with Gasteiger partial charge >= 0.3 is 12.1 Å². The van der Waals surface area contributed by atoms with Gasteiger partial charge in [-0.25, -0.2) is 14.5 Å². The SMILES string of the molecule is Cc1cc(C(F)(F)F)nn1-c1nc(Nc2cc(Cl)cc(C#N)c2)ncc1C1C=C(C(=O)O)C=NC1. The summed E-state index contributed by atoms with van der Waals surface area (Å²) in [7, 11) is 0. The summed E-state index contributed by atoms with van der Waals surface area (Å²) in [6, 6.07) is 7.34. The number of aromatic nitrogens is 4. The van der Waals surface area contributed by atoms with E-state index in [-0.39, 0.29) is 40.2 Å². The van der Waals surface area contributed by atoms with E-state index in [1.165, 1.54) is 43.6 Å². The highest BCUT2D eigenvalue weighted by Crippen LogP contribution is 2.32. The number of hydrogen-bond acceptors (Lipinski definition) is 7. The van der Waals surface area contributed by atoms with Crippen molar-refractivity contribution in [1.82, 2.24) is 19.7 Å². The van der Waals surface area contributed by atoms with Crippen LogP contribution < -0.4 is 5.32 Å². The number of halogens is 4. The van der Waals surface area contributed by atoms with Gasteiger partial charge in [-0.05, 0) is 31.2 Å². The smallest absolute Gasteiger partial charge is 0.435 e. The van der Waals surface area contributed by atoms with Crippen LogP contribution in [0.2, 0.25) is 5.02 Å². The van der Waals surface area contributed by atoms with E-state index in [4.69, 9.17) is 16.9 Å². The minimum Gasteiger partial charge on any atom is -0.478 e. The second kappa shape index (κ2) is 9.19. The molecule has 0 amide bonds. The number of rotatable bonds is 5. The van der Waals surface area contributed by atoms with E-state index < -0.39 is 23.8 Å². The van der Waals surface area contributed by atoms with Crippen molar-refractivity contribution >= 4 is 35.4 Å². The molecular weight excluding hydrogens is 487 g/mol. The molecule has 178 valence electrons. The number of aryl methyl sites for hydroxylation is 1. The van der Waals surface area contributed by atoms with E-state index in [2.05, 4.69) is 25.4 Å². The lowest BCUT2D eigenvalue weighted by Gasteiger charge is -2.19. The van der Waals surface area contributed by atoms with Crippen molar-refractivity contribution in [3.05, 3.63) is 69.6 Å². The Hall–Kier alpha value is -4.24. The lowest BCUT2D eigenvalue weighted by atomic mass is 9.96. The molecule has 4 rings (SSSR count). The fraction of sp³-hybridized carbons (Fsp3) is 0.182. The number of carboxylic acid groups (broad SMARTS) is 1. The van der Waals surface area contributed by atoms with E-state index in [0.717, 1.165) is 10.7 Å². The Kier molecular flexibility index (Phi) is 6.27. The molecule has 0 radical (unpaired) electrons. The van der Waals surface area contributed by atoms with Crippen LogP contribution in [0, 0.1) is 18.3 Å². The predicted octanol–water partition coefficient (Wildman–Crippen LogP) is 4.44. The number of alkyl halides is 3. The molecule has 2 N–H and O–H groups in total. The number of benzene rings is 1. The van der Waals surface area contributed by atoms with Crippen LogP contribution in [0.4, 0.5) is 24.8 Å². The van der Waals surface area contributed by atoms with Crippen molar-refractivity contribution in [3.8, 4) is 11.9 Å². The summed E-state index contributed by atoms with van der Waals surface area (Å²) >= 11 is 6.03. The molecule has 3 heterocycles. The van der Waals surface area contributed by atoms with Gasteiger partial charge in [-0.15, -0.1) is 0 Å². The number of carboxylic acids is 1. The predicted molar refractivity (Wildman–Crippen MR) is 120 cm³/mol. The van der Waals surface area contributed by atoms with Crippen molar-refractivity contribution in [1.29, 1.82) is 5.26 Å². The molecule has 0 saturated heterocycles. The fourth-order valence-electron chi connectivity index (χ4n) is 3.45. The van der Waals surface area contributed by atoms with Crippen molar-refractivity contribution in [2.45, 2.75) is 19.0 Å². The highest BCUT2D eigenvalue weighted by Gasteiger charge is 2.35. The molecule has 3 aromatic rings.